The van der Waals surface area contributed by atoms with Gasteiger partial charge in [-0.1, -0.05) is 48.5 Å². The second-order valence-electron chi connectivity index (χ2n) is 6.12. The summed E-state index contributed by atoms with van der Waals surface area (Å²) in [5.74, 6) is -0.612. The van der Waals surface area contributed by atoms with Gasteiger partial charge in [-0.3, -0.25) is 0 Å². The summed E-state index contributed by atoms with van der Waals surface area (Å²) in [4.78, 5) is 11.4. The average molecular weight is 338 g/mol. The van der Waals surface area contributed by atoms with Gasteiger partial charge >= 0.3 is 5.97 Å². The minimum absolute atomic E-state index is 0.155. The van der Waals surface area contributed by atoms with Gasteiger partial charge in [0, 0.05) is 0 Å². The number of hydrogen-bond donors (Lipinski definition) is 1. The van der Waals surface area contributed by atoms with Crippen molar-refractivity contribution >= 4 is 11.5 Å². The molecule has 0 saturated heterocycles. The highest BCUT2D eigenvalue weighted by Gasteiger charge is 2.10. The Labute approximate surface area is 147 Å². The second-order valence-corrected chi connectivity index (χ2v) is 6.12. The Morgan fingerprint density at radius 1 is 1.16 bits per heavy atom. The van der Waals surface area contributed by atoms with Gasteiger partial charge in [0.1, 0.15) is 12.7 Å². The molecule has 1 aliphatic heterocycles. The molecule has 4 nitrogen and oxygen atoms in total. The van der Waals surface area contributed by atoms with Gasteiger partial charge in [0.05, 0.1) is 13.2 Å². The van der Waals surface area contributed by atoms with E-state index in [2.05, 4.69) is 30.3 Å². The molecule has 0 fully saturated rings. The van der Waals surface area contributed by atoms with Crippen LogP contribution in [0.15, 0.2) is 54.6 Å². The third-order valence-electron chi connectivity index (χ3n) is 4.20. The van der Waals surface area contributed by atoms with Crippen LogP contribution in [0.3, 0.4) is 0 Å². The van der Waals surface area contributed by atoms with Gasteiger partial charge in [0.25, 0.3) is 0 Å². The third-order valence-corrected chi connectivity index (χ3v) is 4.20. The van der Waals surface area contributed by atoms with Crippen LogP contribution >= 0.6 is 0 Å². The largest absolute Gasteiger partial charge is 0.459 e. The number of aliphatic hydroxyl groups is 1. The summed E-state index contributed by atoms with van der Waals surface area (Å²) in [5.41, 5.74) is 5.63. The smallest absolute Gasteiger partial charge is 0.334 e. The van der Waals surface area contributed by atoms with E-state index in [-0.39, 0.29) is 6.61 Å². The molecule has 130 valence electrons. The van der Waals surface area contributed by atoms with E-state index in [1.807, 2.05) is 24.3 Å². The van der Waals surface area contributed by atoms with Crippen LogP contribution in [0.5, 0.6) is 0 Å². The van der Waals surface area contributed by atoms with Gasteiger partial charge in [0.2, 0.25) is 0 Å². The molecule has 0 aromatic heterocycles. The lowest BCUT2D eigenvalue weighted by Gasteiger charge is -2.14. The molecular weight excluding hydrogens is 316 g/mol. The van der Waals surface area contributed by atoms with Crippen LogP contribution in [0, 0.1) is 0 Å². The number of carbonyl (C=O) groups excluding carboxylic acids is 1. The van der Waals surface area contributed by atoms with E-state index >= 15 is 0 Å². The third kappa shape index (κ3) is 4.56. The summed E-state index contributed by atoms with van der Waals surface area (Å²) in [6.07, 6.45) is 1.98. The molecular formula is C21H22O4. The fourth-order valence-corrected chi connectivity index (χ4v) is 2.78. The Bertz CT molecular complexity index is 760. The van der Waals surface area contributed by atoms with Crippen LogP contribution in [0.1, 0.15) is 24.5 Å². The Morgan fingerprint density at radius 2 is 1.92 bits per heavy atom. The first-order valence-corrected chi connectivity index (χ1v) is 8.45. The van der Waals surface area contributed by atoms with Gasteiger partial charge in [-0.15, -0.1) is 0 Å². The van der Waals surface area contributed by atoms with Crippen molar-refractivity contribution in [2.45, 2.75) is 26.1 Å². The SMILES string of the molecule is CC(O)C(=O)OCc1cccc(-c2ccc(C3=CCOCC3)cc2)c1. The molecule has 1 N–H and O–H groups in total. The highest BCUT2D eigenvalue weighted by molar-refractivity contribution is 5.74. The van der Waals surface area contributed by atoms with Gasteiger partial charge < -0.3 is 14.6 Å². The predicted molar refractivity (Wildman–Crippen MR) is 96.8 cm³/mol. The summed E-state index contributed by atoms with van der Waals surface area (Å²) in [5, 5.41) is 9.18. The Hall–Kier alpha value is -2.43. The molecule has 2 aromatic carbocycles. The number of rotatable bonds is 5. The Kier molecular flexibility index (Phi) is 5.64. The molecule has 0 radical (unpaired) electrons. The van der Waals surface area contributed by atoms with Crippen LogP contribution in [0.4, 0.5) is 0 Å². The zero-order valence-electron chi connectivity index (χ0n) is 14.3. The standard InChI is InChI=1S/C21H22O4/c1-15(22)21(23)25-14-16-3-2-4-20(13-16)18-7-5-17(6-8-18)19-9-11-24-12-10-19/h2-9,13,15,22H,10-12,14H2,1H3. The van der Waals surface area contributed by atoms with Gasteiger partial charge in [0.15, 0.2) is 0 Å². The topological polar surface area (TPSA) is 55.8 Å². The summed E-state index contributed by atoms with van der Waals surface area (Å²) in [6, 6.07) is 16.3. The number of esters is 1. The molecule has 1 heterocycles. The van der Waals surface area contributed by atoms with E-state index < -0.39 is 12.1 Å². The van der Waals surface area contributed by atoms with Crippen molar-refractivity contribution in [3.8, 4) is 11.1 Å². The van der Waals surface area contributed by atoms with Crippen molar-refractivity contribution in [1.82, 2.24) is 0 Å². The monoisotopic (exact) mass is 338 g/mol. The Morgan fingerprint density at radius 3 is 2.60 bits per heavy atom. The lowest BCUT2D eigenvalue weighted by atomic mass is 9.97. The van der Waals surface area contributed by atoms with Gasteiger partial charge in [-0.05, 0) is 47.2 Å². The summed E-state index contributed by atoms with van der Waals surface area (Å²) >= 11 is 0. The highest BCUT2D eigenvalue weighted by atomic mass is 16.5. The highest BCUT2D eigenvalue weighted by Crippen LogP contribution is 2.26. The molecule has 1 aliphatic rings. The van der Waals surface area contributed by atoms with Crippen molar-refractivity contribution < 1.29 is 19.4 Å². The van der Waals surface area contributed by atoms with Crippen LogP contribution < -0.4 is 0 Å². The number of ether oxygens (including phenoxy) is 2. The summed E-state index contributed by atoms with van der Waals surface area (Å²) < 4.78 is 10.4. The molecule has 2 aromatic rings. The molecule has 1 atom stereocenters. The fraction of sp³-hybridized carbons (Fsp3) is 0.286. The maximum Gasteiger partial charge on any atom is 0.334 e. The number of carbonyl (C=O) groups is 1. The fourth-order valence-electron chi connectivity index (χ4n) is 2.78. The molecule has 0 spiro atoms. The van der Waals surface area contributed by atoms with E-state index in [9.17, 15) is 9.90 Å². The van der Waals surface area contributed by atoms with E-state index in [1.54, 1.807) is 0 Å². The van der Waals surface area contributed by atoms with Gasteiger partial charge in [-0.25, -0.2) is 4.79 Å². The number of benzene rings is 2. The summed E-state index contributed by atoms with van der Waals surface area (Å²) in [6.45, 7) is 3.02. The zero-order chi connectivity index (χ0) is 17.6. The zero-order valence-corrected chi connectivity index (χ0v) is 14.3. The molecule has 3 rings (SSSR count). The van der Waals surface area contributed by atoms with Gasteiger partial charge in [-0.2, -0.15) is 0 Å². The second kappa shape index (κ2) is 8.10. The predicted octanol–water partition coefficient (Wildman–Crippen LogP) is 3.58. The molecule has 4 heteroatoms. The minimum atomic E-state index is -1.10. The number of aliphatic hydroxyl groups excluding tert-OH is 1. The lowest BCUT2D eigenvalue weighted by molar-refractivity contribution is -0.153. The minimum Gasteiger partial charge on any atom is -0.459 e. The molecule has 1 unspecified atom stereocenters. The quantitative estimate of drug-likeness (QED) is 0.847. The van der Waals surface area contributed by atoms with E-state index in [0.717, 1.165) is 29.7 Å². The molecule has 0 aliphatic carbocycles. The average Bonchev–Trinajstić information content (AvgIpc) is 2.67. The van der Waals surface area contributed by atoms with Crippen molar-refractivity contribution in [2.24, 2.45) is 0 Å². The molecule has 25 heavy (non-hydrogen) atoms. The first kappa shape index (κ1) is 17.4. The Balaban J connectivity index is 1.72. The maximum atomic E-state index is 11.4. The first-order valence-electron chi connectivity index (χ1n) is 8.45. The molecule has 0 saturated carbocycles. The molecule has 0 amide bonds. The van der Waals surface area contributed by atoms with Crippen molar-refractivity contribution in [2.75, 3.05) is 13.2 Å². The van der Waals surface area contributed by atoms with E-state index in [0.29, 0.717) is 6.61 Å². The molecule has 0 bridgehead atoms. The van der Waals surface area contributed by atoms with Crippen LogP contribution in [-0.2, 0) is 20.9 Å². The van der Waals surface area contributed by atoms with Crippen LogP contribution in [-0.4, -0.2) is 30.4 Å². The van der Waals surface area contributed by atoms with Crippen LogP contribution in [0.25, 0.3) is 16.7 Å². The van der Waals surface area contributed by atoms with Crippen LogP contribution in [0.2, 0.25) is 0 Å². The van der Waals surface area contributed by atoms with Crippen molar-refractivity contribution in [3.63, 3.8) is 0 Å². The van der Waals surface area contributed by atoms with Crippen molar-refractivity contribution in [1.29, 1.82) is 0 Å². The number of hydrogen-bond acceptors (Lipinski definition) is 4. The summed E-state index contributed by atoms with van der Waals surface area (Å²) in [7, 11) is 0. The normalized spacial score (nSPS) is 15.4. The van der Waals surface area contributed by atoms with Crippen molar-refractivity contribution in [3.05, 3.63) is 65.7 Å². The lowest BCUT2D eigenvalue weighted by Crippen LogP contribution is -2.18. The van der Waals surface area contributed by atoms with E-state index in [4.69, 9.17) is 9.47 Å². The first-order chi connectivity index (χ1) is 12.1. The maximum absolute atomic E-state index is 11.4. The van der Waals surface area contributed by atoms with E-state index in [1.165, 1.54) is 18.1 Å².